The summed E-state index contributed by atoms with van der Waals surface area (Å²) < 4.78 is 13.0. The monoisotopic (exact) mass is 440 g/mol. The average Bonchev–Trinajstić information content (AvgIpc) is 3.38. The average molecular weight is 441 g/mol. The Hall–Kier alpha value is -2.71. The molecule has 1 N–H and O–H groups in total. The molecule has 6 nitrogen and oxygen atoms in total. The van der Waals surface area contributed by atoms with Gasteiger partial charge in [-0.25, -0.2) is 4.99 Å². The molecule has 0 fully saturated rings. The summed E-state index contributed by atoms with van der Waals surface area (Å²) in [6.07, 6.45) is 0. The Morgan fingerprint density at radius 1 is 1.13 bits per heavy atom. The van der Waals surface area contributed by atoms with Gasteiger partial charge in [0.2, 0.25) is 0 Å². The Kier molecular flexibility index (Phi) is 6.15. The standard InChI is InChI=1S/C22H24N4O2S2/c1-14-10-18(15(2)26(14)12-17-6-5-9-29-17)19-13-30-22(25-24-19)23-16-7-8-20(27-3)21(11-16)28-4/h5-11H,12-13H2,1-4H3,(H,23,25). The Morgan fingerprint density at radius 3 is 2.63 bits per heavy atom. The number of rotatable bonds is 6. The largest absolute Gasteiger partial charge is 0.493 e. The number of aryl methyl sites for hydroxylation is 1. The lowest BCUT2D eigenvalue weighted by Gasteiger charge is -2.15. The highest BCUT2D eigenvalue weighted by Gasteiger charge is 2.19. The van der Waals surface area contributed by atoms with E-state index in [-0.39, 0.29) is 0 Å². The summed E-state index contributed by atoms with van der Waals surface area (Å²) in [7, 11) is 3.24. The van der Waals surface area contributed by atoms with E-state index >= 15 is 0 Å². The Balaban J connectivity index is 1.52. The third-order valence-corrected chi connectivity index (χ3v) is 6.74. The number of amidine groups is 1. The highest BCUT2D eigenvalue weighted by atomic mass is 32.2. The van der Waals surface area contributed by atoms with Crippen molar-refractivity contribution >= 4 is 39.7 Å². The molecule has 0 aliphatic carbocycles. The van der Waals surface area contributed by atoms with Crippen LogP contribution in [0.15, 0.2) is 51.9 Å². The number of benzene rings is 1. The molecule has 2 aromatic heterocycles. The molecule has 0 amide bonds. The molecule has 0 radical (unpaired) electrons. The molecule has 4 rings (SSSR count). The summed E-state index contributed by atoms with van der Waals surface area (Å²) in [6.45, 7) is 5.21. The highest BCUT2D eigenvalue weighted by molar-refractivity contribution is 8.14. The first kappa shape index (κ1) is 20.6. The van der Waals surface area contributed by atoms with Crippen LogP contribution in [0.5, 0.6) is 11.5 Å². The molecule has 30 heavy (non-hydrogen) atoms. The smallest absolute Gasteiger partial charge is 0.182 e. The minimum Gasteiger partial charge on any atom is -0.493 e. The lowest BCUT2D eigenvalue weighted by Crippen LogP contribution is -2.25. The van der Waals surface area contributed by atoms with E-state index in [9.17, 15) is 0 Å². The Bertz CT molecular complexity index is 1100. The van der Waals surface area contributed by atoms with Gasteiger partial charge in [-0.3, -0.25) is 5.43 Å². The van der Waals surface area contributed by atoms with Crippen molar-refractivity contribution in [3.05, 3.63) is 63.6 Å². The third kappa shape index (κ3) is 4.24. The van der Waals surface area contributed by atoms with Gasteiger partial charge in [0.05, 0.1) is 32.2 Å². The van der Waals surface area contributed by atoms with Gasteiger partial charge in [-0.15, -0.1) is 11.3 Å². The molecule has 0 bridgehead atoms. The van der Waals surface area contributed by atoms with Crippen molar-refractivity contribution < 1.29 is 9.47 Å². The molecule has 0 unspecified atom stereocenters. The predicted octanol–water partition coefficient (Wildman–Crippen LogP) is 4.96. The second-order valence-electron chi connectivity index (χ2n) is 6.87. The van der Waals surface area contributed by atoms with Crippen LogP contribution in [0.4, 0.5) is 5.69 Å². The molecule has 0 saturated carbocycles. The maximum atomic E-state index is 5.35. The van der Waals surface area contributed by atoms with Crippen LogP contribution in [0.3, 0.4) is 0 Å². The molecular formula is C22H24N4O2S2. The molecule has 1 aliphatic rings. The minimum atomic E-state index is 0.655. The zero-order chi connectivity index (χ0) is 21.1. The van der Waals surface area contributed by atoms with Crippen LogP contribution in [-0.2, 0) is 6.54 Å². The van der Waals surface area contributed by atoms with Crippen molar-refractivity contribution in [2.24, 2.45) is 10.1 Å². The molecular weight excluding hydrogens is 416 g/mol. The predicted molar refractivity (Wildman–Crippen MR) is 126 cm³/mol. The number of hydrogen-bond donors (Lipinski definition) is 1. The zero-order valence-electron chi connectivity index (χ0n) is 17.4. The van der Waals surface area contributed by atoms with Crippen molar-refractivity contribution in [1.82, 2.24) is 9.99 Å². The SMILES string of the molecule is COc1ccc(N=C2NN=C(c3cc(C)n(Cc4cccs4)c3C)CS2)cc1OC. The number of aromatic nitrogens is 1. The van der Waals surface area contributed by atoms with E-state index in [1.54, 1.807) is 37.3 Å². The summed E-state index contributed by atoms with van der Waals surface area (Å²) in [4.78, 5) is 6.00. The first-order valence-corrected chi connectivity index (χ1v) is 11.4. The number of nitrogens with zero attached hydrogens (tertiary/aromatic N) is 3. The van der Waals surface area contributed by atoms with Crippen LogP contribution in [0.2, 0.25) is 0 Å². The molecule has 0 saturated heterocycles. The maximum absolute atomic E-state index is 5.35. The number of thiophene rings is 1. The molecule has 8 heteroatoms. The molecule has 3 aromatic rings. The zero-order valence-corrected chi connectivity index (χ0v) is 19.1. The van der Waals surface area contributed by atoms with E-state index in [1.807, 2.05) is 18.2 Å². The van der Waals surface area contributed by atoms with Crippen molar-refractivity contribution in [2.45, 2.75) is 20.4 Å². The fraction of sp³-hybridized carbons (Fsp3) is 0.273. The quantitative estimate of drug-likeness (QED) is 0.589. The summed E-state index contributed by atoms with van der Waals surface area (Å²) >= 11 is 3.43. The summed E-state index contributed by atoms with van der Waals surface area (Å²) in [6, 6.07) is 12.1. The van der Waals surface area contributed by atoms with E-state index < -0.39 is 0 Å². The first-order chi connectivity index (χ1) is 14.6. The molecule has 1 aromatic carbocycles. The topological polar surface area (TPSA) is 60.1 Å². The highest BCUT2D eigenvalue weighted by Crippen LogP contribution is 2.32. The van der Waals surface area contributed by atoms with E-state index in [4.69, 9.17) is 9.47 Å². The van der Waals surface area contributed by atoms with Gasteiger partial charge >= 0.3 is 0 Å². The lowest BCUT2D eigenvalue weighted by atomic mass is 10.1. The maximum Gasteiger partial charge on any atom is 0.182 e. The van der Waals surface area contributed by atoms with E-state index in [2.05, 4.69) is 57.5 Å². The first-order valence-electron chi connectivity index (χ1n) is 9.54. The van der Waals surface area contributed by atoms with Crippen molar-refractivity contribution in [2.75, 3.05) is 20.0 Å². The summed E-state index contributed by atoms with van der Waals surface area (Å²) in [5.41, 5.74) is 8.60. The van der Waals surface area contributed by atoms with Gasteiger partial charge in [-0.1, -0.05) is 17.8 Å². The van der Waals surface area contributed by atoms with Crippen molar-refractivity contribution in [1.29, 1.82) is 0 Å². The van der Waals surface area contributed by atoms with Crippen LogP contribution >= 0.6 is 23.1 Å². The number of nitrogens with one attached hydrogen (secondary N) is 1. The van der Waals surface area contributed by atoms with Crippen LogP contribution < -0.4 is 14.9 Å². The fourth-order valence-electron chi connectivity index (χ4n) is 3.42. The minimum absolute atomic E-state index is 0.655. The van der Waals surface area contributed by atoms with Crippen LogP contribution in [0.25, 0.3) is 0 Å². The van der Waals surface area contributed by atoms with Crippen LogP contribution in [0.1, 0.15) is 21.8 Å². The number of thioether (sulfide) groups is 1. The lowest BCUT2D eigenvalue weighted by molar-refractivity contribution is 0.355. The molecule has 1 aliphatic heterocycles. The number of hydrazone groups is 1. The summed E-state index contributed by atoms with van der Waals surface area (Å²) in [5, 5.41) is 7.50. The van der Waals surface area contributed by atoms with E-state index in [1.165, 1.54) is 21.8 Å². The molecule has 156 valence electrons. The number of methoxy groups -OCH3 is 2. The van der Waals surface area contributed by atoms with E-state index in [0.717, 1.165) is 28.9 Å². The van der Waals surface area contributed by atoms with Gasteiger partial charge in [0.15, 0.2) is 16.7 Å². The molecule has 3 heterocycles. The Labute approximate surface area is 184 Å². The molecule has 0 spiro atoms. The van der Waals surface area contributed by atoms with E-state index in [0.29, 0.717) is 11.5 Å². The van der Waals surface area contributed by atoms with Crippen LogP contribution in [0, 0.1) is 13.8 Å². The van der Waals surface area contributed by atoms with Crippen LogP contribution in [-0.4, -0.2) is 35.4 Å². The summed E-state index contributed by atoms with van der Waals surface area (Å²) in [5.74, 6) is 2.11. The normalized spacial score (nSPS) is 15.1. The van der Waals surface area contributed by atoms with Crippen molar-refractivity contribution in [3.8, 4) is 11.5 Å². The van der Waals surface area contributed by atoms with Crippen molar-refractivity contribution in [3.63, 3.8) is 0 Å². The molecule has 0 atom stereocenters. The van der Waals surface area contributed by atoms with Gasteiger partial charge in [0, 0.05) is 33.6 Å². The number of aliphatic imine (C=N–C) groups is 1. The van der Waals surface area contributed by atoms with Gasteiger partial charge in [0.1, 0.15) is 0 Å². The number of ether oxygens (including phenoxy) is 2. The second kappa shape index (κ2) is 8.97. The van der Waals surface area contributed by atoms with Gasteiger partial charge in [-0.2, -0.15) is 5.10 Å². The Morgan fingerprint density at radius 2 is 1.97 bits per heavy atom. The van der Waals surface area contributed by atoms with Gasteiger partial charge in [0.25, 0.3) is 0 Å². The second-order valence-corrected chi connectivity index (χ2v) is 8.86. The third-order valence-electron chi connectivity index (χ3n) is 5.01. The van der Waals surface area contributed by atoms with Gasteiger partial charge < -0.3 is 14.0 Å². The fourth-order valence-corrected chi connectivity index (χ4v) is 4.88. The number of hydrogen-bond acceptors (Lipinski definition) is 6. The van der Waals surface area contributed by atoms with Gasteiger partial charge in [-0.05, 0) is 43.5 Å².